The topological polar surface area (TPSA) is 67.5 Å². The summed E-state index contributed by atoms with van der Waals surface area (Å²) in [6.45, 7) is 0.243. The van der Waals surface area contributed by atoms with E-state index in [9.17, 15) is 10.2 Å². The number of benzene rings is 2. The van der Waals surface area contributed by atoms with E-state index in [2.05, 4.69) is 0 Å². The largest absolute Gasteiger partial charge is 0.510 e. The molecule has 0 bridgehead atoms. The van der Waals surface area contributed by atoms with Crippen molar-refractivity contribution in [2.24, 2.45) is 0 Å². The van der Waals surface area contributed by atoms with E-state index >= 15 is 0 Å². The lowest BCUT2D eigenvalue weighted by Gasteiger charge is -2.19. The Labute approximate surface area is 116 Å². The third-order valence-corrected chi connectivity index (χ3v) is 3.31. The van der Waals surface area contributed by atoms with Crippen LogP contribution in [0.25, 0.3) is 5.57 Å². The van der Waals surface area contributed by atoms with E-state index in [-0.39, 0.29) is 23.9 Å². The molecule has 2 aromatic carbocycles. The minimum absolute atomic E-state index is 0.142. The molecule has 0 fully saturated rings. The normalized spacial score (nSPS) is 15.0. The summed E-state index contributed by atoms with van der Waals surface area (Å²) in [4.78, 5) is 1.66. The smallest absolute Gasteiger partial charge is 0.137 e. The molecule has 4 heteroatoms. The van der Waals surface area contributed by atoms with E-state index in [1.807, 2.05) is 30.3 Å². The summed E-state index contributed by atoms with van der Waals surface area (Å²) in [5.74, 6) is 0.548. The molecular formula is C16H14N2O2. The van der Waals surface area contributed by atoms with Gasteiger partial charge in [-0.3, -0.25) is 5.41 Å². The molecule has 0 saturated carbocycles. The number of aromatic hydroxyl groups is 1. The average Bonchev–Trinajstić information content (AvgIpc) is 2.75. The molecule has 0 unspecified atom stereocenters. The summed E-state index contributed by atoms with van der Waals surface area (Å²) in [6.07, 6.45) is 0. The summed E-state index contributed by atoms with van der Waals surface area (Å²) in [6, 6.07) is 16.1. The number of rotatable bonds is 2. The average molecular weight is 266 g/mol. The van der Waals surface area contributed by atoms with E-state index in [0.717, 1.165) is 5.56 Å². The predicted molar refractivity (Wildman–Crippen MR) is 79.2 cm³/mol. The Hall–Kier alpha value is -2.75. The van der Waals surface area contributed by atoms with Crippen molar-refractivity contribution in [1.82, 2.24) is 0 Å². The van der Waals surface area contributed by atoms with E-state index in [0.29, 0.717) is 11.3 Å². The van der Waals surface area contributed by atoms with Gasteiger partial charge in [-0.25, -0.2) is 0 Å². The van der Waals surface area contributed by atoms with Crippen molar-refractivity contribution >= 4 is 17.1 Å². The maximum Gasteiger partial charge on any atom is 0.137 e. The third-order valence-electron chi connectivity index (χ3n) is 3.31. The molecule has 3 N–H and O–H groups in total. The molecule has 2 aromatic rings. The lowest BCUT2D eigenvalue weighted by Crippen LogP contribution is -2.25. The van der Waals surface area contributed by atoms with Crippen LogP contribution in [-0.4, -0.2) is 22.6 Å². The number of aliphatic hydroxyl groups excluding tert-OH is 1. The first-order chi connectivity index (χ1) is 9.66. The Morgan fingerprint density at radius 2 is 1.70 bits per heavy atom. The second kappa shape index (κ2) is 4.74. The van der Waals surface area contributed by atoms with Crippen molar-refractivity contribution in [3.63, 3.8) is 0 Å². The van der Waals surface area contributed by atoms with Crippen molar-refractivity contribution in [3.05, 3.63) is 65.9 Å². The van der Waals surface area contributed by atoms with Crippen LogP contribution in [0, 0.1) is 5.41 Å². The summed E-state index contributed by atoms with van der Waals surface area (Å²) < 4.78 is 0. The Morgan fingerprint density at radius 3 is 2.40 bits per heavy atom. The van der Waals surface area contributed by atoms with Crippen LogP contribution in [0.5, 0.6) is 5.75 Å². The number of anilines is 1. The van der Waals surface area contributed by atoms with Gasteiger partial charge in [0.2, 0.25) is 0 Å². The monoisotopic (exact) mass is 266 g/mol. The van der Waals surface area contributed by atoms with Crippen LogP contribution in [0.3, 0.4) is 0 Å². The molecular weight excluding hydrogens is 252 g/mol. The molecule has 1 heterocycles. The molecule has 4 nitrogen and oxygen atoms in total. The van der Waals surface area contributed by atoms with Crippen LogP contribution in [-0.2, 0) is 0 Å². The minimum Gasteiger partial charge on any atom is -0.510 e. The van der Waals surface area contributed by atoms with Gasteiger partial charge in [0.15, 0.2) is 0 Å². The molecule has 20 heavy (non-hydrogen) atoms. The van der Waals surface area contributed by atoms with Crippen molar-refractivity contribution in [1.29, 1.82) is 5.41 Å². The maximum atomic E-state index is 10.1. The summed E-state index contributed by atoms with van der Waals surface area (Å²) >= 11 is 0. The van der Waals surface area contributed by atoms with Gasteiger partial charge in [0.05, 0.1) is 12.1 Å². The highest BCUT2D eigenvalue weighted by Gasteiger charge is 2.29. The van der Waals surface area contributed by atoms with Gasteiger partial charge in [-0.1, -0.05) is 36.4 Å². The zero-order chi connectivity index (χ0) is 14.1. The zero-order valence-electron chi connectivity index (χ0n) is 10.7. The molecule has 100 valence electrons. The fourth-order valence-corrected chi connectivity index (χ4v) is 2.37. The molecule has 0 atom stereocenters. The highest BCUT2D eigenvalue weighted by Crippen LogP contribution is 2.31. The highest BCUT2D eigenvalue weighted by molar-refractivity contribution is 6.30. The van der Waals surface area contributed by atoms with Gasteiger partial charge in [-0.05, 0) is 17.7 Å². The van der Waals surface area contributed by atoms with Gasteiger partial charge in [-0.15, -0.1) is 0 Å². The van der Waals surface area contributed by atoms with Crippen molar-refractivity contribution in [3.8, 4) is 5.75 Å². The second-order valence-corrected chi connectivity index (χ2v) is 4.64. The first-order valence-corrected chi connectivity index (χ1v) is 6.30. The predicted octanol–water partition coefficient (Wildman–Crippen LogP) is 3.16. The molecule has 0 radical (unpaired) electrons. The molecule has 0 aliphatic carbocycles. The molecule has 1 aliphatic heterocycles. The summed E-state index contributed by atoms with van der Waals surface area (Å²) in [5, 5.41) is 27.9. The summed E-state index contributed by atoms with van der Waals surface area (Å²) in [7, 11) is 0. The van der Waals surface area contributed by atoms with Gasteiger partial charge >= 0.3 is 0 Å². The maximum absolute atomic E-state index is 10.1. The van der Waals surface area contributed by atoms with E-state index in [1.54, 1.807) is 29.2 Å². The number of hydrogen-bond acceptors (Lipinski definition) is 3. The Morgan fingerprint density at radius 1 is 0.950 bits per heavy atom. The fraction of sp³-hybridized carbons (Fsp3) is 0.0625. The van der Waals surface area contributed by atoms with Crippen LogP contribution < -0.4 is 4.90 Å². The molecule has 3 rings (SSSR count). The van der Waals surface area contributed by atoms with Gasteiger partial charge in [0.25, 0.3) is 0 Å². The number of hydrogen-bond donors (Lipinski definition) is 3. The van der Waals surface area contributed by atoms with Crippen molar-refractivity contribution in [2.75, 3.05) is 11.4 Å². The number of amidine groups is 1. The van der Waals surface area contributed by atoms with E-state index < -0.39 is 0 Å². The fourth-order valence-electron chi connectivity index (χ4n) is 2.37. The molecule has 0 spiro atoms. The Bertz CT molecular complexity index is 693. The van der Waals surface area contributed by atoms with Gasteiger partial charge in [0.1, 0.15) is 17.3 Å². The van der Waals surface area contributed by atoms with Crippen LogP contribution in [0.4, 0.5) is 5.69 Å². The number of nitrogens with zero attached hydrogens (tertiary/aromatic N) is 1. The number of phenols is 1. The van der Waals surface area contributed by atoms with Gasteiger partial charge in [0, 0.05) is 11.8 Å². The van der Waals surface area contributed by atoms with Crippen molar-refractivity contribution in [2.45, 2.75) is 0 Å². The number of aliphatic hydroxyl groups is 1. The van der Waals surface area contributed by atoms with Crippen LogP contribution >= 0.6 is 0 Å². The first kappa shape index (κ1) is 12.3. The SMILES string of the molecule is N=C1C(c2ccccc2)=C(O)CN1c1cccc(O)c1. The number of nitrogens with one attached hydrogen (secondary N) is 1. The molecule has 0 aromatic heterocycles. The van der Waals surface area contributed by atoms with Crippen molar-refractivity contribution < 1.29 is 10.2 Å². The van der Waals surface area contributed by atoms with E-state index in [1.165, 1.54) is 0 Å². The third kappa shape index (κ3) is 2.01. The van der Waals surface area contributed by atoms with Crippen LogP contribution in [0.1, 0.15) is 5.56 Å². The lowest BCUT2D eigenvalue weighted by atomic mass is 10.1. The zero-order valence-corrected chi connectivity index (χ0v) is 10.7. The second-order valence-electron chi connectivity index (χ2n) is 4.64. The first-order valence-electron chi connectivity index (χ1n) is 6.30. The number of phenolic OH excluding ortho intramolecular Hbond substituents is 1. The summed E-state index contributed by atoms with van der Waals surface area (Å²) in [5.41, 5.74) is 2.04. The standard InChI is InChI=1S/C16H14N2O2/c17-16-15(11-5-2-1-3-6-11)14(20)10-18(16)12-7-4-8-13(19)9-12/h1-9,17,19-20H,10H2. The van der Waals surface area contributed by atoms with Crippen LogP contribution in [0.2, 0.25) is 0 Å². The van der Waals surface area contributed by atoms with Crippen LogP contribution in [0.15, 0.2) is 60.4 Å². The van der Waals surface area contributed by atoms with Gasteiger partial charge in [-0.2, -0.15) is 0 Å². The highest BCUT2D eigenvalue weighted by atomic mass is 16.3. The molecule has 0 amide bonds. The Balaban J connectivity index is 1.97. The Kier molecular flexibility index (Phi) is 2.91. The van der Waals surface area contributed by atoms with E-state index in [4.69, 9.17) is 5.41 Å². The quantitative estimate of drug-likeness (QED) is 0.782. The molecule has 0 saturated heterocycles. The minimum atomic E-state index is 0.142. The van der Waals surface area contributed by atoms with Gasteiger partial charge < -0.3 is 15.1 Å². The molecule has 1 aliphatic rings. The lowest BCUT2D eigenvalue weighted by molar-refractivity contribution is 0.411.